The van der Waals surface area contributed by atoms with Crippen molar-refractivity contribution in [1.82, 2.24) is 4.90 Å². The number of phenols is 1. The summed E-state index contributed by atoms with van der Waals surface area (Å²) in [5.41, 5.74) is 1.12. The molecule has 1 aliphatic rings. The first kappa shape index (κ1) is 14.7. The molecule has 5 nitrogen and oxygen atoms in total. The van der Waals surface area contributed by atoms with Crippen LogP contribution in [0.1, 0.15) is 22.3 Å². The molecule has 108 valence electrons. The number of phenolic OH excluding ortho intramolecular Hbond substituents is 1. The van der Waals surface area contributed by atoms with Gasteiger partial charge in [0.25, 0.3) is 5.91 Å². The van der Waals surface area contributed by atoms with Crippen LogP contribution in [-0.2, 0) is 4.79 Å². The van der Waals surface area contributed by atoms with E-state index < -0.39 is 5.97 Å². The van der Waals surface area contributed by atoms with Crippen LogP contribution < -0.4 is 0 Å². The fraction of sp³-hybridized carbons (Fsp3) is 0.429. The van der Waals surface area contributed by atoms with Crippen LogP contribution in [0.3, 0.4) is 0 Å². The number of rotatable bonds is 3. The quantitative estimate of drug-likeness (QED) is 0.888. The SMILES string of the molecule is Cc1cc(C(=O)N2CCSCC2CC(=O)O)ccc1O. The molecule has 1 unspecified atom stereocenters. The molecule has 1 heterocycles. The minimum absolute atomic E-state index is 0.0319. The average Bonchev–Trinajstić information content (AvgIpc) is 2.41. The van der Waals surface area contributed by atoms with Gasteiger partial charge in [-0.2, -0.15) is 11.8 Å². The predicted molar refractivity (Wildman–Crippen MR) is 77.2 cm³/mol. The molecule has 0 radical (unpaired) electrons. The molecule has 1 saturated heterocycles. The smallest absolute Gasteiger partial charge is 0.305 e. The van der Waals surface area contributed by atoms with Crippen molar-refractivity contribution in [3.05, 3.63) is 29.3 Å². The Labute approximate surface area is 121 Å². The first-order valence-electron chi connectivity index (χ1n) is 6.39. The summed E-state index contributed by atoms with van der Waals surface area (Å²) in [6.07, 6.45) is -0.0319. The molecule has 2 N–H and O–H groups in total. The number of thioether (sulfide) groups is 1. The van der Waals surface area contributed by atoms with Crippen molar-refractivity contribution in [2.75, 3.05) is 18.1 Å². The van der Waals surface area contributed by atoms with E-state index in [1.54, 1.807) is 35.7 Å². The third kappa shape index (κ3) is 3.25. The largest absolute Gasteiger partial charge is 0.508 e. The molecule has 1 fully saturated rings. The number of aliphatic carboxylic acids is 1. The van der Waals surface area contributed by atoms with Gasteiger partial charge in [0.1, 0.15) is 5.75 Å². The van der Waals surface area contributed by atoms with Gasteiger partial charge in [-0.3, -0.25) is 9.59 Å². The van der Waals surface area contributed by atoms with E-state index in [4.69, 9.17) is 5.11 Å². The summed E-state index contributed by atoms with van der Waals surface area (Å²) in [6, 6.07) is 4.43. The van der Waals surface area contributed by atoms with Gasteiger partial charge in [-0.05, 0) is 30.7 Å². The maximum Gasteiger partial charge on any atom is 0.305 e. The Hall–Kier alpha value is -1.69. The number of amides is 1. The van der Waals surface area contributed by atoms with Gasteiger partial charge in [-0.1, -0.05) is 0 Å². The zero-order valence-electron chi connectivity index (χ0n) is 11.2. The Balaban J connectivity index is 2.20. The molecule has 0 aromatic heterocycles. The fourth-order valence-corrected chi connectivity index (χ4v) is 3.31. The van der Waals surface area contributed by atoms with Crippen molar-refractivity contribution in [3.63, 3.8) is 0 Å². The standard InChI is InChI=1S/C14H17NO4S/c1-9-6-10(2-3-12(9)16)14(19)15-4-5-20-8-11(15)7-13(17)18/h2-3,6,11,16H,4-5,7-8H2,1H3,(H,17,18). The highest BCUT2D eigenvalue weighted by atomic mass is 32.2. The van der Waals surface area contributed by atoms with Crippen molar-refractivity contribution in [1.29, 1.82) is 0 Å². The number of hydrogen-bond acceptors (Lipinski definition) is 4. The van der Waals surface area contributed by atoms with Gasteiger partial charge < -0.3 is 15.1 Å². The Morgan fingerprint density at radius 2 is 2.20 bits per heavy atom. The van der Waals surface area contributed by atoms with Crippen LogP contribution in [0.5, 0.6) is 5.75 Å². The molecule has 1 aliphatic heterocycles. The first-order chi connectivity index (χ1) is 9.49. The number of aryl methyl sites for hydroxylation is 1. The van der Waals surface area contributed by atoms with E-state index in [-0.39, 0.29) is 24.1 Å². The number of benzene rings is 1. The number of hydrogen-bond donors (Lipinski definition) is 2. The summed E-state index contributed by atoms with van der Waals surface area (Å²) in [6.45, 7) is 2.29. The summed E-state index contributed by atoms with van der Waals surface area (Å²) in [5.74, 6) is 0.559. The van der Waals surface area contributed by atoms with Crippen LogP contribution in [0.25, 0.3) is 0 Å². The molecule has 0 spiro atoms. The molecule has 1 amide bonds. The van der Waals surface area contributed by atoms with Gasteiger partial charge in [0, 0.05) is 23.6 Å². The number of carboxylic acid groups (broad SMARTS) is 1. The molecule has 1 aromatic carbocycles. The number of carbonyl (C=O) groups is 2. The second-order valence-electron chi connectivity index (χ2n) is 4.83. The van der Waals surface area contributed by atoms with Crippen LogP contribution in [0.4, 0.5) is 0 Å². The van der Waals surface area contributed by atoms with Gasteiger partial charge in [0.15, 0.2) is 0 Å². The summed E-state index contributed by atoms with van der Waals surface area (Å²) in [4.78, 5) is 25.0. The van der Waals surface area contributed by atoms with Gasteiger partial charge in [-0.15, -0.1) is 0 Å². The van der Waals surface area contributed by atoms with Gasteiger partial charge in [0.05, 0.1) is 12.5 Å². The van der Waals surface area contributed by atoms with E-state index in [9.17, 15) is 14.7 Å². The van der Waals surface area contributed by atoms with E-state index in [1.165, 1.54) is 6.07 Å². The normalized spacial score (nSPS) is 18.9. The van der Waals surface area contributed by atoms with E-state index >= 15 is 0 Å². The summed E-state index contributed by atoms with van der Waals surface area (Å²) >= 11 is 1.67. The molecule has 2 rings (SSSR count). The summed E-state index contributed by atoms with van der Waals surface area (Å²) < 4.78 is 0. The Bertz CT molecular complexity index is 532. The highest BCUT2D eigenvalue weighted by Gasteiger charge is 2.29. The zero-order valence-corrected chi connectivity index (χ0v) is 12.0. The van der Waals surface area contributed by atoms with Crippen LogP contribution in [-0.4, -0.2) is 51.1 Å². The van der Waals surface area contributed by atoms with Crippen molar-refractivity contribution >= 4 is 23.6 Å². The monoisotopic (exact) mass is 295 g/mol. The van der Waals surface area contributed by atoms with Crippen molar-refractivity contribution in [2.45, 2.75) is 19.4 Å². The lowest BCUT2D eigenvalue weighted by atomic mass is 10.1. The average molecular weight is 295 g/mol. The van der Waals surface area contributed by atoms with Crippen molar-refractivity contribution < 1.29 is 19.8 Å². The number of carboxylic acids is 1. The van der Waals surface area contributed by atoms with Gasteiger partial charge in [-0.25, -0.2) is 0 Å². The van der Waals surface area contributed by atoms with Crippen LogP contribution in [0, 0.1) is 6.92 Å². The Morgan fingerprint density at radius 1 is 1.45 bits per heavy atom. The summed E-state index contributed by atoms with van der Waals surface area (Å²) in [7, 11) is 0. The molecular formula is C14H17NO4S. The minimum Gasteiger partial charge on any atom is -0.508 e. The fourth-order valence-electron chi connectivity index (χ4n) is 2.25. The highest BCUT2D eigenvalue weighted by Crippen LogP contribution is 2.23. The number of nitrogens with zero attached hydrogens (tertiary/aromatic N) is 1. The van der Waals surface area contributed by atoms with E-state index in [1.807, 2.05) is 0 Å². The Morgan fingerprint density at radius 3 is 2.85 bits per heavy atom. The minimum atomic E-state index is -0.891. The van der Waals surface area contributed by atoms with Crippen LogP contribution >= 0.6 is 11.8 Å². The van der Waals surface area contributed by atoms with Gasteiger partial charge >= 0.3 is 5.97 Å². The Kier molecular flexibility index (Phi) is 4.54. The lowest BCUT2D eigenvalue weighted by molar-refractivity contribution is -0.138. The molecule has 1 aromatic rings. The molecule has 0 bridgehead atoms. The highest BCUT2D eigenvalue weighted by molar-refractivity contribution is 7.99. The lowest BCUT2D eigenvalue weighted by Crippen LogP contribution is -2.47. The van der Waals surface area contributed by atoms with Crippen LogP contribution in [0.15, 0.2) is 18.2 Å². The lowest BCUT2D eigenvalue weighted by Gasteiger charge is -2.34. The maximum absolute atomic E-state index is 12.5. The summed E-state index contributed by atoms with van der Waals surface area (Å²) in [5, 5.41) is 18.4. The third-order valence-corrected chi connectivity index (χ3v) is 4.43. The molecule has 1 atom stereocenters. The van der Waals surface area contributed by atoms with Crippen LogP contribution in [0.2, 0.25) is 0 Å². The second-order valence-corrected chi connectivity index (χ2v) is 5.98. The molecule has 0 aliphatic carbocycles. The van der Waals surface area contributed by atoms with Crippen molar-refractivity contribution in [3.8, 4) is 5.75 Å². The predicted octanol–water partition coefficient (Wildman–Crippen LogP) is 1.73. The van der Waals surface area contributed by atoms with E-state index in [2.05, 4.69) is 0 Å². The zero-order chi connectivity index (χ0) is 14.7. The molecule has 6 heteroatoms. The first-order valence-corrected chi connectivity index (χ1v) is 7.54. The van der Waals surface area contributed by atoms with Crippen molar-refractivity contribution in [2.24, 2.45) is 0 Å². The third-order valence-electron chi connectivity index (χ3n) is 3.34. The topological polar surface area (TPSA) is 77.8 Å². The van der Waals surface area contributed by atoms with E-state index in [0.29, 0.717) is 23.4 Å². The molecule has 0 saturated carbocycles. The van der Waals surface area contributed by atoms with Gasteiger partial charge in [0.2, 0.25) is 0 Å². The molecular weight excluding hydrogens is 278 g/mol. The number of carbonyl (C=O) groups excluding carboxylic acids is 1. The van der Waals surface area contributed by atoms with E-state index in [0.717, 1.165) is 5.75 Å². The number of aromatic hydroxyl groups is 1. The second kappa shape index (κ2) is 6.17. The molecule has 20 heavy (non-hydrogen) atoms. The maximum atomic E-state index is 12.5.